The summed E-state index contributed by atoms with van der Waals surface area (Å²) in [5.74, 6) is -0.571. The van der Waals surface area contributed by atoms with Crippen LogP contribution in [-0.2, 0) is 11.4 Å². The molecule has 5 nitrogen and oxygen atoms in total. The van der Waals surface area contributed by atoms with E-state index in [0.29, 0.717) is 27.7 Å². The predicted molar refractivity (Wildman–Crippen MR) is 89.9 cm³/mol. The van der Waals surface area contributed by atoms with Crippen LogP contribution in [0.25, 0.3) is 22.3 Å². The summed E-state index contributed by atoms with van der Waals surface area (Å²) in [4.78, 5) is 24.4. The van der Waals surface area contributed by atoms with Crippen LogP contribution in [0.15, 0.2) is 51.7 Å². The summed E-state index contributed by atoms with van der Waals surface area (Å²) in [6.07, 6.45) is 0. The SMILES string of the molecule is CC(=O)Oc1c(-c2ccccc2)oc2c(CO)ccc(C)c2c1=O. The maximum Gasteiger partial charge on any atom is 0.308 e. The third-order valence-corrected chi connectivity index (χ3v) is 3.74. The monoisotopic (exact) mass is 324 g/mol. The fourth-order valence-electron chi connectivity index (χ4n) is 2.63. The highest BCUT2D eigenvalue weighted by molar-refractivity contribution is 5.88. The van der Waals surface area contributed by atoms with Crippen molar-refractivity contribution in [2.24, 2.45) is 0 Å². The van der Waals surface area contributed by atoms with Gasteiger partial charge in [0.15, 0.2) is 5.76 Å². The number of fused-ring (bicyclic) bond motifs is 1. The maximum absolute atomic E-state index is 12.9. The molecule has 3 aromatic rings. The topological polar surface area (TPSA) is 76.7 Å². The highest BCUT2D eigenvalue weighted by Crippen LogP contribution is 2.33. The molecule has 24 heavy (non-hydrogen) atoms. The van der Waals surface area contributed by atoms with E-state index in [2.05, 4.69) is 0 Å². The average Bonchev–Trinajstić information content (AvgIpc) is 2.57. The van der Waals surface area contributed by atoms with Gasteiger partial charge in [-0.1, -0.05) is 42.5 Å². The van der Waals surface area contributed by atoms with E-state index in [4.69, 9.17) is 9.15 Å². The third-order valence-electron chi connectivity index (χ3n) is 3.74. The van der Waals surface area contributed by atoms with Gasteiger partial charge in [0, 0.05) is 18.1 Å². The molecule has 0 aliphatic rings. The molecule has 1 heterocycles. The Bertz CT molecular complexity index is 970. The standard InChI is InChI=1S/C19H16O5/c1-11-8-9-14(10-20)17-15(11)16(22)19(23-12(2)21)18(24-17)13-6-4-3-5-7-13/h3-9,20H,10H2,1-2H3. The zero-order valence-corrected chi connectivity index (χ0v) is 13.3. The maximum atomic E-state index is 12.9. The van der Waals surface area contributed by atoms with E-state index < -0.39 is 11.4 Å². The van der Waals surface area contributed by atoms with Gasteiger partial charge < -0.3 is 14.3 Å². The number of rotatable bonds is 3. The van der Waals surface area contributed by atoms with Crippen molar-refractivity contribution >= 4 is 16.9 Å². The molecule has 0 fully saturated rings. The second-order valence-corrected chi connectivity index (χ2v) is 5.45. The van der Waals surface area contributed by atoms with Gasteiger partial charge in [0.1, 0.15) is 5.58 Å². The summed E-state index contributed by atoms with van der Waals surface area (Å²) in [5, 5.41) is 9.85. The van der Waals surface area contributed by atoms with Gasteiger partial charge in [-0.15, -0.1) is 0 Å². The number of aryl methyl sites for hydroxylation is 1. The lowest BCUT2D eigenvalue weighted by molar-refractivity contribution is -0.132. The van der Waals surface area contributed by atoms with Crippen LogP contribution in [0.5, 0.6) is 5.75 Å². The van der Waals surface area contributed by atoms with E-state index in [1.54, 1.807) is 43.3 Å². The summed E-state index contributed by atoms with van der Waals surface area (Å²) >= 11 is 0. The third kappa shape index (κ3) is 2.70. The van der Waals surface area contributed by atoms with E-state index in [-0.39, 0.29) is 18.1 Å². The molecule has 3 rings (SSSR count). The van der Waals surface area contributed by atoms with Gasteiger partial charge in [-0.05, 0) is 12.5 Å². The number of hydrogen-bond donors (Lipinski definition) is 1. The number of benzene rings is 2. The number of hydrogen-bond acceptors (Lipinski definition) is 5. The van der Waals surface area contributed by atoms with Crippen LogP contribution in [0, 0.1) is 6.92 Å². The van der Waals surface area contributed by atoms with Gasteiger partial charge in [0.25, 0.3) is 0 Å². The van der Waals surface area contributed by atoms with Gasteiger partial charge in [0.05, 0.1) is 12.0 Å². The first kappa shape index (κ1) is 16.0. The van der Waals surface area contributed by atoms with Crippen LogP contribution >= 0.6 is 0 Å². The van der Waals surface area contributed by atoms with Crippen molar-refractivity contribution in [2.45, 2.75) is 20.5 Å². The fraction of sp³-hybridized carbons (Fsp3) is 0.158. The second kappa shape index (κ2) is 6.29. The largest absolute Gasteiger partial charge is 0.451 e. The lowest BCUT2D eigenvalue weighted by Gasteiger charge is -2.12. The molecule has 0 spiro atoms. The van der Waals surface area contributed by atoms with E-state index in [0.717, 1.165) is 0 Å². The summed E-state index contributed by atoms with van der Waals surface area (Å²) in [6.45, 7) is 2.73. The Morgan fingerprint density at radius 3 is 2.50 bits per heavy atom. The minimum Gasteiger partial charge on any atom is -0.451 e. The number of carbonyl (C=O) groups excluding carboxylic acids is 1. The molecule has 0 radical (unpaired) electrons. The molecule has 2 aromatic carbocycles. The molecule has 0 saturated heterocycles. The normalized spacial score (nSPS) is 10.8. The first-order valence-corrected chi connectivity index (χ1v) is 7.47. The van der Waals surface area contributed by atoms with Crippen LogP contribution < -0.4 is 10.2 Å². The van der Waals surface area contributed by atoms with Crippen LogP contribution in [0.3, 0.4) is 0 Å². The van der Waals surface area contributed by atoms with Gasteiger partial charge >= 0.3 is 5.97 Å². The van der Waals surface area contributed by atoms with Crippen LogP contribution in [0.1, 0.15) is 18.1 Å². The first-order chi connectivity index (χ1) is 11.5. The Morgan fingerprint density at radius 1 is 1.17 bits per heavy atom. The Kier molecular flexibility index (Phi) is 4.18. The number of esters is 1. The lowest BCUT2D eigenvalue weighted by atomic mass is 10.0. The second-order valence-electron chi connectivity index (χ2n) is 5.45. The minimum atomic E-state index is -0.602. The molecule has 0 amide bonds. The highest BCUT2D eigenvalue weighted by Gasteiger charge is 2.21. The number of aliphatic hydroxyl groups excluding tert-OH is 1. The molecule has 0 saturated carbocycles. The zero-order valence-electron chi connectivity index (χ0n) is 13.3. The Balaban J connectivity index is 2.45. The quantitative estimate of drug-likeness (QED) is 0.749. The molecular formula is C19H16O5. The summed E-state index contributed by atoms with van der Waals surface area (Å²) in [5.41, 5.74) is 1.66. The van der Waals surface area contributed by atoms with Crippen molar-refractivity contribution in [2.75, 3.05) is 0 Å². The van der Waals surface area contributed by atoms with Crippen molar-refractivity contribution in [3.05, 3.63) is 63.8 Å². The average molecular weight is 324 g/mol. The van der Waals surface area contributed by atoms with Crippen molar-refractivity contribution in [1.29, 1.82) is 0 Å². The Hall–Kier alpha value is -2.92. The summed E-state index contributed by atoms with van der Waals surface area (Å²) in [6, 6.07) is 12.4. The van der Waals surface area contributed by atoms with Gasteiger partial charge in [-0.3, -0.25) is 9.59 Å². The van der Waals surface area contributed by atoms with Crippen molar-refractivity contribution in [1.82, 2.24) is 0 Å². The van der Waals surface area contributed by atoms with Crippen LogP contribution in [-0.4, -0.2) is 11.1 Å². The van der Waals surface area contributed by atoms with Gasteiger partial charge in [-0.2, -0.15) is 0 Å². The van der Waals surface area contributed by atoms with E-state index in [1.807, 2.05) is 6.07 Å². The summed E-state index contributed by atoms with van der Waals surface area (Å²) in [7, 11) is 0. The summed E-state index contributed by atoms with van der Waals surface area (Å²) < 4.78 is 11.1. The lowest BCUT2D eigenvalue weighted by Crippen LogP contribution is -2.14. The smallest absolute Gasteiger partial charge is 0.308 e. The molecule has 5 heteroatoms. The number of aliphatic hydroxyl groups is 1. The van der Waals surface area contributed by atoms with Crippen LogP contribution in [0.4, 0.5) is 0 Å². The Labute approximate surface area is 138 Å². The molecule has 0 atom stereocenters. The van der Waals surface area contributed by atoms with E-state index in [9.17, 15) is 14.7 Å². The predicted octanol–water partition coefficient (Wildman–Crippen LogP) is 3.19. The fourth-order valence-corrected chi connectivity index (χ4v) is 2.63. The Morgan fingerprint density at radius 2 is 1.88 bits per heavy atom. The van der Waals surface area contributed by atoms with E-state index in [1.165, 1.54) is 6.92 Å². The molecule has 122 valence electrons. The zero-order chi connectivity index (χ0) is 17.3. The van der Waals surface area contributed by atoms with Crippen molar-refractivity contribution in [3.8, 4) is 17.1 Å². The first-order valence-electron chi connectivity index (χ1n) is 7.47. The van der Waals surface area contributed by atoms with Gasteiger partial charge in [0.2, 0.25) is 11.2 Å². The van der Waals surface area contributed by atoms with Crippen LogP contribution in [0.2, 0.25) is 0 Å². The molecule has 0 aliphatic heterocycles. The minimum absolute atomic E-state index is 0.139. The molecule has 0 bridgehead atoms. The molecule has 0 unspecified atom stereocenters. The number of ether oxygens (including phenoxy) is 1. The molecule has 0 aliphatic carbocycles. The van der Waals surface area contributed by atoms with Crippen molar-refractivity contribution < 1.29 is 19.1 Å². The van der Waals surface area contributed by atoms with E-state index >= 15 is 0 Å². The van der Waals surface area contributed by atoms with Gasteiger partial charge in [-0.25, -0.2) is 0 Å². The molecular weight excluding hydrogens is 308 g/mol. The highest BCUT2D eigenvalue weighted by atomic mass is 16.5. The molecule has 1 N–H and O–H groups in total. The van der Waals surface area contributed by atoms with Crippen molar-refractivity contribution in [3.63, 3.8) is 0 Å². The number of carbonyl (C=O) groups is 1. The molecule has 1 aromatic heterocycles.